The molecule has 0 spiro atoms. The molecule has 1 amide bonds. The van der Waals surface area contributed by atoms with Gasteiger partial charge < -0.3 is 24.5 Å². The van der Waals surface area contributed by atoms with Crippen LogP contribution < -0.4 is 9.47 Å². The first kappa shape index (κ1) is 24.0. The quantitative estimate of drug-likeness (QED) is 0.289. The summed E-state index contributed by atoms with van der Waals surface area (Å²) in [5.41, 5.74) is 3.21. The number of aliphatic hydroxyl groups is 1. The molecule has 0 aliphatic heterocycles. The summed E-state index contributed by atoms with van der Waals surface area (Å²) in [6.07, 6.45) is 0.996. The van der Waals surface area contributed by atoms with Gasteiger partial charge in [0.1, 0.15) is 28.5 Å². The van der Waals surface area contributed by atoms with Gasteiger partial charge in [-0.1, -0.05) is 24.3 Å². The van der Waals surface area contributed by atoms with Crippen LogP contribution in [0.2, 0.25) is 0 Å². The second-order valence-electron chi connectivity index (χ2n) is 8.76. The smallest absolute Gasteiger partial charge is 0.253 e. The van der Waals surface area contributed by atoms with Gasteiger partial charge in [0.05, 0.1) is 11.6 Å². The number of aromatic nitrogens is 3. The number of rotatable bonds is 7. The van der Waals surface area contributed by atoms with Crippen LogP contribution in [0.5, 0.6) is 23.0 Å². The van der Waals surface area contributed by atoms with Crippen molar-refractivity contribution in [2.75, 3.05) is 14.1 Å². The number of imidazole rings is 1. The lowest BCUT2D eigenvalue weighted by Gasteiger charge is -2.14. The first-order valence-electron chi connectivity index (χ1n) is 11.8. The third-order valence-corrected chi connectivity index (χ3v) is 5.76. The van der Waals surface area contributed by atoms with Crippen LogP contribution in [0.25, 0.3) is 22.6 Å². The number of benzene rings is 3. The summed E-state index contributed by atoms with van der Waals surface area (Å²) in [5, 5.41) is 10.2. The molecule has 8 nitrogen and oxygen atoms in total. The fraction of sp³-hybridized carbons (Fsp3) is 0.138. The van der Waals surface area contributed by atoms with E-state index in [0.717, 1.165) is 0 Å². The van der Waals surface area contributed by atoms with Crippen molar-refractivity contribution >= 4 is 16.9 Å². The van der Waals surface area contributed by atoms with Crippen LogP contribution in [0.1, 0.15) is 28.9 Å². The minimum Gasteiger partial charge on any atom is -0.457 e. The van der Waals surface area contributed by atoms with E-state index in [9.17, 15) is 9.90 Å². The molecule has 186 valence electrons. The van der Waals surface area contributed by atoms with Gasteiger partial charge in [0, 0.05) is 43.6 Å². The van der Waals surface area contributed by atoms with Crippen molar-refractivity contribution in [3.8, 4) is 34.5 Å². The molecule has 2 N–H and O–H groups in total. The molecule has 37 heavy (non-hydrogen) atoms. The second-order valence-corrected chi connectivity index (χ2v) is 8.76. The molecule has 8 heteroatoms. The van der Waals surface area contributed by atoms with Crippen molar-refractivity contribution < 1.29 is 19.4 Å². The maximum absolute atomic E-state index is 12.2. The maximum atomic E-state index is 12.2. The highest BCUT2D eigenvalue weighted by molar-refractivity contribution is 5.94. The largest absolute Gasteiger partial charge is 0.457 e. The van der Waals surface area contributed by atoms with Crippen LogP contribution in [-0.4, -0.2) is 45.0 Å². The highest BCUT2D eigenvalue weighted by atomic mass is 16.5. The molecule has 0 aliphatic carbocycles. The predicted octanol–water partition coefficient (Wildman–Crippen LogP) is 5.96. The third kappa shape index (κ3) is 5.14. The number of amides is 1. The summed E-state index contributed by atoms with van der Waals surface area (Å²) in [6.45, 7) is 1.69. The number of aromatic amines is 1. The van der Waals surface area contributed by atoms with E-state index in [-0.39, 0.29) is 5.91 Å². The van der Waals surface area contributed by atoms with E-state index in [0.29, 0.717) is 56.7 Å². The van der Waals surface area contributed by atoms with Gasteiger partial charge in [0.25, 0.3) is 5.91 Å². The molecule has 1 unspecified atom stereocenters. The molecular weight excluding hydrogens is 468 g/mol. The van der Waals surface area contributed by atoms with Crippen molar-refractivity contribution in [1.29, 1.82) is 0 Å². The normalized spacial score (nSPS) is 11.8. The molecule has 0 aliphatic rings. The number of pyridine rings is 1. The first-order chi connectivity index (χ1) is 17.9. The zero-order chi connectivity index (χ0) is 25.9. The number of nitrogens with zero attached hydrogens (tertiary/aromatic N) is 3. The molecule has 0 saturated heterocycles. The van der Waals surface area contributed by atoms with E-state index >= 15 is 0 Å². The average Bonchev–Trinajstić information content (AvgIpc) is 3.34. The van der Waals surface area contributed by atoms with E-state index < -0.39 is 6.10 Å². The summed E-state index contributed by atoms with van der Waals surface area (Å²) in [7, 11) is 3.42. The Labute approximate surface area is 214 Å². The highest BCUT2D eigenvalue weighted by Gasteiger charge is 2.17. The molecule has 5 aromatic rings. The van der Waals surface area contributed by atoms with Gasteiger partial charge in [-0.2, -0.15) is 0 Å². The Morgan fingerprint density at radius 3 is 2.38 bits per heavy atom. The van der Waals surface area contributed by atoms with Crippen LogP contribution in [0.4, 0.5) is 0 Å². The molecule has 3 aromatic carbocycles. The summed E-state index contributed by atoms with van der Waals surface area (Å²) in [6, 6.07) is 23.5. The van der Waals surface area contributed by atoms with E-state index in [1.165, 1.54) is 4.90 Å². The minimum atomic E-state index is -0.710. The predicted molar refractivity (Wildman–Crippen MR) is 141 cm³/mol. The molecule has 0 saturated carbocycles. The highest BCUT2D eigenvalue weighted by Crippen LogP contribution is 2.38. The zero-order valence-electron chi connectivity index (χ0n) is 20.7. The molecule has 1 atom stereocenters. The molecule has 0 bridgehead atoms. The van der Waals surface area contributed by atoms with Gasteiger partial charge in [-0.3, -0.25) is 9.78 Å². The molecule has 2 aromatic heterocycles. The van der Waals surface area contributed by atoms with Crippen LogP contribution in [0.15, 0.2) is 85.1 Å². The number of hydrogen-bond donors (Lipinski definition) is 2. The Hall–Kier alpha value is -4.69. The number of ether oxygens (including phenoxy) is 2. The molecule has 0 fully saturated rings. The third-order valence-electron chi connectivity index (χ3n) is 5.76. The Kier molecular flexibility index (Phi) is 6.57. The van der Waals surface area contributed by atoms with Gasteiger partial charge in [-0.15, -0.1) is 0 Å². The summed E-state index contributed by atoms with van der Waals surface area (Å²) >= 11 is 0. The fourth-order valence-corrected chi connectivity index (χ4v) is 3.92. The van der Waals surface area contributed by atoms with E-state index in [1.807, 2.05) is 42.5 Å². The van der Waals surface area contributed by atoms with E-state index in [1.54, 1.807) is 63.6 Å². The number of para-hydroxylation sites is 1. The van der Waals surface area contributed by atoms with Crippen LogP contribution >= 0.6 is 0 Å². The lowest BCUT2D eigenvalue weighted by molar-refractivity contribution is 0.0827. The Bertz CT molecular complexity index is 1540. The van der Waals surface area contributed by atoms with Crippen molar-refractivity contribution in [3.63, 3.8) is 0 Å². The molecule has 0 radical (unpaired) electrons. The van der Waals surface area contributed by atoms with Crippen LogP contribution in [0, 0.1) is 0 Å². The Morgan fingerprint density at radius 2 is 1.68 bits per heavy atom. The number of nitrogens with one attached hydrogen (secondary N) is 1. The fourth-order valence-electron chi connectivity index (χ4n) is 3.92. The average molecular weight is 495 g/mol. The summed E-state index contributed by atoms with van der Waals surface area (Å²) in [5.74, 6) is 2.56. The van der Waals surface area contributed by atoms with Crippen molar-refractivity contribution in [1.82, 2.24) is 19.9 Å². The number of fused-ring (bicyclic) bond motifs is 1. The van der Waals surface area contributed by atoms with E-state index in [4.69, 9.17) is 14.5 Å². The van der Waals surface area contributed by atoms with Gasteiger partial charge in [-0.05, 0) is 49.4 Å². The standard InChI is InChI=1S/C29H26N4O4/c1-18(34)22-8-4-5-10-25(22)37-26-17-21(36-20-13-11-19(12-14-20)29(35)33(2)3)16-24-27(26)32-28(31-24)23-9-6-7-15-30-23/h4-18,34H,1-3H3,(H,31,32). The van der Waals surface area contributed by atoms with Crippen LogP contribution in [-0.2, 0) is 0 Å². The SMILES string of the molecule is CC(O)c1ccccc1Oc1cc(Oc2ccc(C(=O)N(C)C)cc2)cc2[nH]c(-c3ccccn3)nc12. The summed E-state index contributed by atoms with van der Waals surface area (Å²) in [4.78, 5) is 26.2. The Morgan fingerprint density at radius 1 is 0.919 bits per heavy atom. The monoisotopic (exact) mass is 494 g/mol. The second kappa shape index (κ2) is 10.1. The minimum absolute atomic E-state index is 0.0834. The Balaban J connectivity index is 1.55. The van der Waals surface area contributed by atoms with Gasteiger partial charge in [-0.25, -0.2) is 4.98 Å². The zero-order valence-corrected chi connectivity index (χ0v) is 20.7. The molecule has 5 rings (SSSR count). The lowest BCUT2D eigenvalue weighted by atomic mass is 10.1. The van der Waals surface area contributed by atoms with Gasteiger partial charge in [0.15, 0.2) is 11.6 Å². The summed E-state index contributed by atoms with van der Waals surface area (Å²) < 4.78 is 12.4. The number of H-pyrrole nitrogens is 1. The maximum Gasteiger partial charge on any atom is 0.253 e. The van der Waals surface area contributed by atoms with Gasteiger partial charge >= 0.3 is 0 Å². The number of hydrogen-bond acceptors (Lipinski definition) is 6. The van der Waals surface area contributed by atoms with Crippen molar-refractivity contribution in [3.05, 3.63) is 96.2 Å². The molecule has 2 heterocycles. The molecular formula is C29H26N4O4. The van der Waals surface area contributed by atoms with Gasteiger partial charge in [0.2, 0.25) is 0 Å². The number of carbonyl (C=O) groups is 1. The number of carbonyl (C=O) groups excluding carboxylic acids is 1. The van der Waals surface area contributed by atoms with Crippen molar-refractivity contribution in [2.45, 2.75) is 13.0 Å². The number of aliphatic hydroxyl groups excluding tert-OH is 1. The first-order valence-corrected chi connectivity index (χ1v) is 11.8. The van der Waals surface area contributed by atoms with Crippen molar-refractivity contribution in [2.24, 2.45) is 0 Å². The van der Waals surface area contributed by atoms with Crippen LogP contribution in [0.3, 0.4) is 0 Å². The topological polar surface area (TPSA) is 101 Å². The van der Waals surface area contributed by atoms with E-state index in [2.05, 4.69) is 9.97 Å². The lowest BCUT2D eigenvalue weighted by Crippen LogP contribution is -2.21.